The molecule has 0 fully saturated rings. The zero-order valence-electron chi connectivity index (χ0n) is 18.1. The first-order valence-corrected chi connectivity index (χ1v) is 11.0. The van der Waals surface area contributed by atoms with E-state index < -0.39 is 0 Å². The fourth-order valence-corrected chi connectivity index (χ4v) is 2.82. The van der Waals surface area contributed by atoms with Gasteiger partial charge in [0.25, 0.3) is 0 Å². The molecule has 0 aliphatic rings. The Morgan fingerprint density at radius 1 is 0.519 bits per heavy atom. The Morgan fingerprint density at radius 3 is 1.22 bits per heavy atom. The third kappa shape index (κ3) is 23.7. The molecule has 0 aliphatic heterocycles. The standard InChI is InChI=1S/C22H42O4.Sn.2H/c1-3-5-7-9-11-15-19-25-21(23)17-13-14-18-22(24)26-20-16-12-10-8-6-4-2;;;/h3-20H2,1-2H3;;;. The van der Waals surface area contributed by atoms with Crippen LogP contribution in [0.25, 0.3) is 0 Å². The van der Waals surface area contributed by atoms with Crippen LogP contribution in [0.4, 0.5) is 0 Å². The normalized spacial score (nSPS) is 10.3. The molecule has 0 aromatic carbocycles. The minimum absolute atomic E-state index is 0. The van der Waals surface area contributed by atoms with Gasteiger partial charge < -0.3 is 9.47 Å². The Balaban J connectivity index is 0. The van der Waals surface area contributed by atoms with E-state index in [1.165, 1.54) is 51.4 Å². The molecule has 0 heterocycles. The zero-order chi connectivity index (χ0) is 19.3. The summed E-state index contributed by atoms with van der Waals surface area (Å²) in [7, 11) is 0. The predicted molar refractivity (Wildman–Crippen MR) is 116 cm³/mol. The fourth-order valence-electron chi connectivity index (χ4n) is 2.82. The summed E-state index contributed by atoms with van der Waals surface area (Å²) in [5.74, 6) is -0.280. The molecule has 0 bridgehead atoms. The number of ether oxygens (including phenoxy) is 2. The Hall–Kier alpha value is -0.261. The summed E-state index contributed by atoms with van der Waals surface area (Å²) in [5, 5.41) is 0. The summed E-state index contributed by atoms with van der Waals surface area (Å²) in [6, 6.07) is 0. The zero-order valence-corrected chi connectivity index (χ0v) is 22.1. The van der Waals surface area contributed by atoms with Crippen LogP contribution in [0, 0.1) is 0 Å². The summed E-state index contributed by atoms with van der Waals surface area (Å²) < 4.78 is 10.4. The van der Waals surface area contributed by atoms with Gasteiger partial charge in [0.2, 0.25) is 0 Å². The average Bonchev–Trinajstić information content (AvgIpc) is 2.64. The van der Waals surface area contributed by atoms with Gasteiger partial charge >= 0.3 is 35.8 Å². The molecular formula is C22H44O4Sn. The van der Waals surface area contributed by atoms with E-state index in [2.05, 4.69) is 13.8 Å². The van der Waals surface area contributed by atoms with Crippen LogP contribution in [-0.2, 0) is 19.1 Å². The molecule has 0 spiro atoms. The number of rotatable bonds is 19. The first-order valence-electron chi connectivity index (χ1n) is 11.0. The fraction of sp³-hybridized carbons (Fsp3) is 0.909. The van der Waals surface area contributed by atoms with Crippen molar-refractivity contribution in [1.82, 2.24) is 0 Å². The van der Waals surface area contributed by atoms with Crippen LogP contribution in [-0.4, -0.2) is 49.1 Å². The molecule has 27 heavy (non-hydrogen) atoms. The van der Waals surface area contributed by atoms with Crippen LogP contribution in [0.5, 0.6) is 0 Å². The topological polar surface area (TPSA) is 52.6 Å². The molecule has 0 saturated carbocycles. The van der Waals surface area contributed by atoms with Gasteiger partial charge in [-0.1, -0.05) is 78.1 Å². The molecule has 0 atom stereocenters. The Bertz CT molecular complexity index is 302. The van der Waals surface area contributed by atoms with Gasteiger partial charge in [-0.2, -0.15) is 0 Å². The Morgan fingerprint density at radius 2 is 0.852 bits per heavy atom. The van der Waals surface area contributed by atoms with Crippen LogP contribution >= 0.6 is 0 Å². The molecule has 0 aromatic heterocycles. The van der Waals surface area contributed by atoms with Crippen molar-refractivity contribution in [1.29, 1.82) is 0 Å². The van der Waals surface area contributed by atoms with Crippen molar-refractivity contribution in [3.05, 3.63) is 0 Å². The molecule has 0 aromatic rings. The molecule has 0 aliphatic carbocycles. The molecule has 2 radical (unpaired) electrons. The number of unbranched alkanes of at least 4 members (excludes halogenated alkanes) is 11. The monoisotopic (exact) mass is 492 g/mol. The van der Waals surface area contributed by atoms with E-state index in [1.54, 1.807) is 0 Å². The van der Waals surface area contributed by atoms with Crippen molar-refractivity contribution >= 4 is 35.8 Å². The third-order valence-electron chi connectivity index (χ3n) is 4.53. The second kappa shape index (κ2) is 23.8. The number of carbonyl (C=O) groups is 2. The molecule has 160 valence electrons. The van der Waals surface area contributed by atoms with Gasteiger partial charge in [0.1, 0.15) is 0 Å². The van der Waals surface area contributed by atoms with Gasteiger partial charge in [-0.3, -0.25) is 9.59 Å². The van der Waals surface area contributed by atoms with E-state index in [0.29, 0.717) is 38.9 Å². The van der Waals surface area contributed by atoms with Crippen molar-refractivity contribution in [2.24, 2.45) is 0 Å². The van der Waals surface area contributed by atoms with Crippen molar-refractivity contribution < 1.29 is 19.1 Å². The van der Waals surface area contributed by atoms with Crippen molar-refractivity contribution in [2.45, 2.75) is 117 Å². The van der Waals surface area contributed by atoms with Crippen LogP contribution < -0.4 is 0 Å². The summed E-state index contributed by atoms with van der Waals surface area (Å²) in [4.78, 5) is 23.2. The molecule has 0 saturated heterocycles. The van der Waals surface area contributed by atoms with Crippen molar-refractivity contribution in [3.8, 4) is 0 Å². The van der Waals surface area contributed by atoms with Gasteiger partial charge in [0.15, 0.2) is 0 Å². The maximum atomic E-state index is 11.6. The van der Waals surface area contributed by atoms with Gasteiger partial charge in [-0.05, 0) is 25.7 Å². The van der Waals surface area contributed by atoms with E-state index in [1.807, 2.05) is 0 Å². The molecule has 5 heteroatoms. The molecule has 0 rings (SSSR count). The second-order valence-electron chi connectivity index (χ2n) is 7.18. The van der Waals surface area contributed by atoms with E-state index in [4.69, 9.17) is 9.47 Å². The van der Waals surface area contributed by atoms with Crippen LogP contribution in [0.1, 0.15) is 117 Å². The Kier molecular flexibility index (Phi) is 25.5. The van der Waals surface area contributed by atoms with Crippen LogP contribution in [0.2, 0.25) is 0 Å². The van der Waals surface area contributed by atoms with E-state index >= 15 is 0 Å². The molecule has 0 N–H and O–H groups in total. The van der Waals surface area contributed by atoms with E-state index in [-0.39, 0.29) is 35.8 Å². The predicted octanol–water partition coefficient (Wildman–Crippen LogP) is 5.44. The summed E-state index contributed by atoms with van der Waals surface area (Å²) in [6.45, 7) is 5.48. The molecular weight excluding hydrogens is 447 g/mol. The summed E-state index contributed by atoms with van der Waals surface area (Å²) >= 11 is 0. The molecule has 0 unspecified atom stereocenters. The number of esters is 2. The van der Waals surface area contributed by atoms with Crippen LogP contribution in [0.3, 0.4) is 0 Å². The van der Waals surface area contributed by atoms with Crippen molar-refractivity contribution in [3.63, 3.8) is 0 Å². The first-order chi connectivity index (χ1) is 12.7. The van der Waals surface area contributed by atoms with Crippen LogP contribution in [0.15, 0.2) is 0 Å². The quantitative estimate of drug-likeness (QED) is 0.137. The van der Waals surface area contributed by atoms with Gasteiger partial charge in [-0.15, -0.1) is 0 Å². The number of carbonyl (C=O) groups excluding carboxylic acids is 2. The molecule has 0 amide bonds. The third-order valence-corrected chi connectivity index (χ3v) is 4.53. The van der Waals surface area contributed by atoms with Gasteiger partial charge in [0, 0.05) is 12.8 Å². The minimum atomic E-state index is -0.140. The Labute approximate surface area is 184 Å². The van der Waals surface area contributed by atoms with E-state index in [0.717, 1.165) is 25.7 Å². The summed E-state index contributed by atoms with van der Waals surface area (Å²) in [6.07, 6.45) is 16.5. The number of hydrogen-bond donors (Lipinski definition) is 0. The van der Waals surface area contributed by atoms with Gasteiger partial charge in [0.05, 0.1) is 13.2 Å². The maximum absolute atomic E-state index is 11.6. The summed E-state index contributed by atoms with van der Waals surface area (Å²) in [5.41, 5.74) is 0. The van der Waals surface area contributed by atoms with E-state index in [9.17, 15) is 9.59 Å². The second-order valence-corrected chi connectivity index (χ2v) is 7.18. The van der Waals surface area contributed by atoms with Crippen molar-refractivity contribution in [2.75, 3.05) is 13.2 Å². The van der Waals surface area contributed by atoms with Gasteiger partial charge in [-0.25, -0.2) is 0 Å². The SMILES string of the molecule is CCCCCCCCOC(=O)CCCCC(=O)OCCCCCCCC.[SnH2]. The number of hydrogen-bond acceptors (Lipinski definition) is 4. The molecule has 4 nitrogen and oxygen atoms in total. The average molecular weight is 491 g/mol. The first kappa shape index (κ1) is 28.9.